The molecule has 1 aliphatic rings. The highest BCUT2D eigenvalue weighted by molar-refractivity contribution is 6.34. The first-order valence-corrected chi connectivity index (χ1v) is 5.58. The molecule has 0 aromatic heterocycles. The minimum Gasteiger partial charge on any atom is -0.294 e. The number of ketones is 3. The van der Waals surface area contributed by atoms with Gasteiger partial charge in [-0.3, -0.25) is 14.4 Å². The lowest BCUT2D eigenvalue weighted by Gasteiger charge is -2.13. The zero-order valence-corrected chi connectivity index (χ0v) is 9.53. The number of hydrogen-bond donors (Lipinski definition) is 0. The molecule has 0 aliphatic heterocycles. The maximum absolute atomic E-state index is 12.0. The third-order valence-electron chi connectivity index (χ3n) is 2.73. The fourth-order valence-electron chi connectivity index (χ4n) is 1.88. The normalized spacial score (nSPS) is 14.3. The van der Waals surface area contributed by atoms with Crippen molar-refractivity contribution in [2.45, 2.75) is 19.8 Å². The molecule has 2 rings (SSSR count). The van der Waals surface area contributed by atoms with E-state index in [-0.39, 0.29) is 22.9 Å². The van der Waals surface area contributed by atoms with Gasteiger partial charge in [0.05, 0.1) is 5.57 Å². The van der Waals surface area contributed by atoms with Gasteiger partial charge >= 0.3 is 0 Å². The highest BCUT2D eigenvalue weighted by Crippen LogP contribution is 2.22. The lowest BCUT2D eigenvalue weighted by Crippen LogP contribution is -2.21. The van der Waals surface area contributed by atoms with Crippen LogP contribution < -0.4 is 0 Å². The second kappa shape index (κ2) is 4.45. The monoisotopic (exact) mass is 228 g/mol. The minimum absolute atomic E-state index is 0.0237. The Morgan fingerprint density at radius 1 is 1.12 bits per heavy atom. The quantitative estimate of drug-likeness (QED) is 0.746. The van der Waals surface area contributed by atoms with Crippen molar-refractivity contribution >= 4 is 17.3 Å². The van der Waals surface area contributed by atoms with Crippen LogP contribution in [0.5, 0.6) is 0 Å². The van der Waals surface area contributed by atoms with Crippen molar-refractivity contribution in [2.24, 2.45) is 0 Å². The van der Waals surface area contributed by atoms with Crippen molar-refractivity contribution in [3.8, 4) is 0 Å². The van der Waals surface area contributed by atoms with Gasteiger partial charge in [-0.05, 0) is 6.42 Å². The third kappa shape index (κ3) is 1.96. The fourth-order valence-corrected chi connectivity index (χ4v) is 1.88. The van der Waals surface area contributed by atoms with Crippen molar-refractivity contribution in [1.29, 1.82) is 0 Å². The van der Waals surface area contributed by atoms with Crippen LogP contribution in [0.3, 0.4) is 0 Å². The van der Waals surface area contributed by atoms with Gasteiger partial charge in [0.1, 0.15) is 0 Å². The molecule has 3 nitrogen and oxygen atoms in total. The van der Waals surface area contributed by atoms with Crippen molar-refractivity contribution in [3.63, 3.8) is 0 Å². The summed E-state index contributed by atoms with van der Waals surface area (Å²) in [5.41, 5.74) is 0.737. The zero-order chi connectivity index (χ0) is 12.4. The van der Waals surface area contributed by atoms with E-state index in [1.165, 1.54) is 6.08 Å². The molecular formula is C14H12O3. The summed E-state index contributed by atoms with van der Waals surface area (Å²) in [4.78, 5) is 35.5. The predicted octanol–water partition coefficient (Wildman–Crippen LogP) is 2.36. The van der Waals surface area contributed by atoms with E-state index in [1.54, 1.807) is 24.3 Å². The number of rotatable bonds is 3. The summed E-state index contributed by atoms with van der Waals surface area (Å²) in [7, 11) is 0. The summed E-state index contributed by atoms with van der Waals surface area (Å²) < 4.78 is 0. The van der Waals surface area contributed by atoms with Crippen LogP contribution in [-0.4, -0.2) is 17.3 Å². The first kappa shape index (κ1) is 11.5. The maximum Gasteiger partial charge on any atom is 0.197 e. The predicted molar refractivity (Wildman–Crippen MR) is 63.1 cm³/mol. The molecule has 0 amide bonds. The first-order chi connectivity index (χ1) is 8.15. The smallest absolute Gasteiger partial charge is 0.197 e. The van der Waals surface area contributed by atoms with Gasteiger partial charge in [-0.2, -0.15) is 0 Å². The number of benzene rings is 1. The summed E-state index contributed by atoms with van der Waals surface area (Å²) in [6, 6.07) is 6.59. The van der Waals surface area contributed by atoms with Crippen LogP contribution in [0.1, 0.15) is 40.5 Å². The Morgan fingerprint density at radius 2 is 1.76 bits per heavy atom. The number of allylic oxidation sites excluding steroid dienone is 2. The van der Waals surface area contributed by atoms with Gasteiger partial charge in [0.15, 0.2) is 17.3 Å². The van der Waals surface area contributed by atoms with Crippen LogP contribution in [-0.2, 0) is 4.79 Å². The Morgan fingerprint density at radius 3 is 2.41 bits per heavy atom. The van der Waals surface area contributed by atoms with E-state index in [0.717, 1.165) is 0 Å². The molecule has 1 aliphatic carbocycles. The lowest BCUT2D eigenvalue weighted by molar-refractivity contribution is -0.115. The maximum atomic E-state index is 12.0. The van der Waals surface area contributed by atoms with E-state index in [4.69, 9.17) is 0 Å². The molecule has 86 valence electrons. The molecule has 1 aromatic rings. The Labute approximate surface area is 99.1 Å². The summed E-state index contributed by atoms with van der Waals surface area (Å²) in [6.45, 7) is 1.86. The van der Waals surface area contributed by atoms with Gasteiger partial charge in [0, 0.05) is 23.6 Å². The van der Waals surface area contributed by atoms with Gasteiger partial charge < -0.3 is 0 Å². The molecule has 0 atom stereocenters. The average molecular weight is 228 g/mol. The average Bonchev–Trinajstić information content (AvgIpc) is 2.34. The molecule has 0 unspecified atom stereocenters. The molecule has 0 radical (unpaired) electrons. The second-order valence-electron chi connectivity index (χ2n) is 3.97. The number of hydrogen-bond acceptors (Lipinski definition) is 3. The van der Waals surface area contributed by atoms with Gasteiger partial charge in [-0.15, -0.1) is 0 Å². The molecule has 0 N–H and O–H groups in total. The number of Topliss-reactive ketones (excluding diaryl/α,β-unsaturated/α-hetero) is 2. The molecular weight excluding hydrogens is 216 g/mol. The van der Waals surface area contributed by atoms with Gasteiger partial charge in [-0.25, -0.2) is 0 Å². The molecule has 17 heavy (non-hydrogen) atoms. The highest BCUT2D eigenvalue weighted by Gasteiger charge is 2.28. The Bertz CT molecular complexity index is 538. The summed E-state index contributed by atoms with van der Waals surface area (Å²) in [5.74, 6) is -0.848. The number of fused-ring (bicyclic) bond motifs is 1. The SMILES string of the molecule is CCCC(=O)C1=CC(=O)c2ccccc2C1=O. The largest absolute Gasteiger partial charge is 0.294 e. The van der Waals surface area contributed by atoms with Crippen LogP contribution >= 0.6 is 0 Å². The van der Waals surface area contributed by atoms with Gasteiger partial charge in [0.2, 0.25) is 0 Å². The summed E-state index contributed by atoms with van der Waals surface area (Å²) in [5, 5.41) is 0. The van der Waals surface area contributed by atoms with Gasteiger partial charge in [-0.1, -0.05) is 31.2 Å². The van der Waals surface area contributed by atoms with E-state index >= 15 is 0 Å². The molecule has 1 aromatic carbocycles. The molecule has 3 heteroatoms. The van der Waals surface area contributed by atoms with Crippen LogP contribution in [0.15, 0.2) is 35.9 Å². The van der Waals surface area contributed by atoms with Crippen molar-refractivity contribution in [3.05, 3.63) is 47.0 Å². The number of carbonyl (C=O) groups is 3. The number of carbonyl (C=O) groups excluding carboxylic acids is 3. The molecule has 0 spiro atoms. The van der Waals surface area contributed by atoms with E-state index < -0.39 is 0 Å². The molecule has 0 heterocycles. The Hall–Kier alpha value is -2.03. The Balaban J connectivity index is 2.45. The van der Waals surface area contributed by atoms with E-state index in [9.17, 15) is 14.4 Å². The third-order valence-corrected chi connectivity index (χ3v) is 2.73. The van der Waals surface area contributed by atoms with E-state index in [1.807, 2.05) is 6.92 Å². The molecule has 0 saturated carbocycles. The molecule has 0 fully saturated rings. The fraction of sp³-hybridized carbons (Fsp3) is 0.214. The highest BCUT2D eigenvalue weighted by atomic mass is 16.2. The van der Waals surface area contributed by atoms with Crippen molar-refractivity contribution in [1.82, 2.24) is 0 Å². The first-order valence-electron chi connectivity index (χ1n) is 5.58. The second-order valence-corrected chi connectivity index (χ2v) is 3.97. The van der Waals surface area contributed by atoms with Crippen LogP contribution in [0.25, 0.3) is 0 Å². The standard InChI is InChI=1S/C14H12O3/c1-2-5-12(15)11-8-13(16)9-6-3-4-7-10(9)14(11)17/h3-4,6-8H,2,5H2,1H3. The van der Waals surface area contributed by atoms with Crippen molar-refractivity contribution in [2.75, 3.05) is 0 Å². The summed E-state index contributed by atoms with van der Waals surface area (Å²) >= 11 is 0. The van der Waals surface area contributed by atoms with Crippen LogP contribution in [0.2, 0.25) is 0 Å². The van der Waals surface area contributed by atoms with Gasteiger partial charge in [0.25, 0.3) is 0 Å². The van der Waals surface area contributed by atoms with Crippen LogP contribution in [0.4, 0.5) is 0 Å². The van der Waals surface area contributed by atoms with Crippen molar-refractivity contribution < 1.29 is 14.4 Å². The molecule has 0 saturated heterocycles. The van der Waals surface area contributed by atoms with E-state index in [0.29, 0.717) is 24.0 Å². The van der Waals surface area contributed by atoms with Crippen LogP contribution in [0, 0.1) is 0 Å². The topological polar surface area (TPSA) is 51.2 Å². The minimum atomic E-state index is -0.335. The summed E-state index contributed by atoms with van der Waals surface area (Å²) in [6.07, 6.45) is 2.13. The Kier molecular flexibility index (Phi) is 3.00. The molecule has 0 bridgehead atoms. The lowest BCUT2D eigenvalue weighted by atomic mass is 9.87. The van der Waals surface area contributed by atoms with E-state index in [2.05, 4.69) is 0 Å². The zero-order valence-electron chi connectivity index (χ0n) is 9.53.